The van der Waals surface area contributed by atoms with Gasteiger partial charge >= 0.3 is 0 Å². The van der Waals surface area contributed by atoms with Gasteiger partial charge in [0.05, 0.1) is 19.3 Å². The van der Waals surface area contributed by atoms with Crippen molar-refractivity contribution < 1.29 is 9.47 Å². The predicted octanol–water partition coefficient (Wildman–Crippen LogP) is 0.408. The van der Waals surface area contributed by atoms with Crippen LogP contribution in [0.3, 0.4) is 0 Å². The number of piperidine rings is 1. The first-order chi connectivity index (χ1) is 9.79. The van der Waals surface area contributed by atoms with Crippen molar-refractivity contribution in [2.45, 2.75) is 31.4 Å². The van der Waals surface area contributed by atoms with E-state index in [2.05, 4.69) is 22.2 Å². The van der Waals surface area contributed by atoms with Crippen LogP contribution in [0.1, 0.15) is 19.3 Å². The van der Waals surface area contributed by atoms with Gasteiger partial charge in [-0.15, -0.1) is 0 Å². The summed E-state index contributed by atoms with van der Waals surface area (Å²) in [5, 5.41) is 3.51. The van der Waals surface area contributed by atoms with E-state index in [0.29, 0.717) is 12.1 Å². The van der Waals surface area contributed by atoms with Crippen molar-refractivity contribution in [1.82, 2.24) is 15.1 Å². The molecule has 2 unspecified atom stereocenters. The maximum atomic E-state index is 5.92. The second-order valence-electron chi connectivity index (χ2n) is 6.10. The summed E-state index contributed by atoms with van der Waals surface area (Å²) < 4.78 is 11.0. The van der Waals surface area contributed by atoms with E-state index in [4.69, 9.17) is 9.47 Å². The maximum Gasteiger partial charge on any atom is 0.0829 e. The minimum atomic E-state index is 0.383. The number of morpholine rings is 1. The van der Waals surface area contributed by atoms with E-state index in [0.717, 1.165) is 45.9 Å². The number of nitrogens with zero attached hydrogens (tertiary/aromatic N) is 2. The van der Waals surface area contributed by atoms with Crippen LogP contribution in [0.25, 0.3) is 0 Å². The van der Waals surface area contributed by atoms with Crippen LogP contribution in [0.2, 0.25) is 0 Å². The second kappa shape index (κ2) is 8.95. The second-order valence-corrected chi connectivity index (χ2v) is 6.10. The first-order valence-corrected chi connectivity index (χ1v) is 8.03. The molecule has 5 nitrogen and oxygen atoms in total. The Hall–Kier alpha value is -0.200. The molecule has 2 aliphatic heterocycles. The highest BCUT2D eigenvalue weighted by Crippen LogP contribution is 2.18. The standard InChI is InChI=1S/C15H31N3O2/c1-17-8-10-20-15(12-17)13-18-7-4-3-5-14(18)11-16-6-9-19-2/h14-16H,3-13H2,1-2H3. The Morgan fingerprint density at radius 1 is 1.30 bits per heavy atom. The zero-order valence-corrected chi connectivity index (χ0v) is 13.1. The van der Waals surface area contributed by atoms with Crippen molar-refractivity contribution >= 4 is 0 Å². The summed E-state index contributed by atoms with van der Waals surface area (Å²) in [6.07, 6.45) is 4.38. The van der Waals surface area contributed by atoms with E-state index >= 15 is 0 Å². The van der Waals surface area contributed by atoms with Gasteiger partial charge in [-0.2, -0.15) is 0 Å². The van der Waals surface area contributed by atoms with Gasteiger partial charge in [-0.1, -0.05) is 6.42 Å². The molecule has 2 fully saturated rings. The Morgan fingerprint density at radius 3 is 3.00 bits per heavy atom. The molecule has 0 radical (unpaired) electrons. The minimum absolute atomic E-state index is 0.383. The van der Waals surface area contributed by atoms with Gasteiger partial charge < -0.3 is 19.7 Å². The Bertz CT molecular complexity index is 266. The molecule has 0 aromatic heterocycles. The highest BCUT2D eigenvalue weighted by atomic mass is 16.5. The Kier molecular flexibility index (Phi) is 7.24. The van der Waals surface area contributed by atoms with E-state index in [1.807, 2.05) is 0 Å². The summed E-state index contributed by atoms with van der Waals surface area (Å²) in [4.78, 5) is 5.01. The van der Waals surface area contributed by atoms with Crippen LogP contribution in [0, 0.1) is 0 Å². The Balaban J connectivity index is 1.74. The van der Waals surface area contributed by atoms with Crippen molar-refractivity contribution in [3.05, 3.63) is 0 Å². The monoisotopic (exact) mass is 285 g/mol. The lowest BCUT2D eigenvalue weighted by Crippen LogP contribution is -2.52. The third kappa shape index (κ3) is 5.30. The van der Waals surface area contributed by atoms with Crippen LogP contribution in [0.5, 0.6) is 0 Å². The normalized spacial score (nSPS) is 29.7. The fourth-order valence-corrected chi connectivity index (χ4v) is 3.21. The first-order valence-electron chi connectivity index (χ1n) is 8.03. The molecule has 0 spiro atoms. The highest BCUT2D eigenvalue weighted by Gasteiger charge is 2.26. The number of methoxy groups -OCH3 is 1. The number of nitrogens with one attached hydrogen (secondary N) is 1. The van der Waals surface area contributed by atoms with Crippen molar-refractivity contribution in [2.75, 3.05) is 66.6 Å². The molecule has 0 aromatic rings. The lowest BCUT2D eigenvalue weighted by Gasteiger charge is -2.40. The lowest BCUT2D eigenvalue weighted by molar-refractivity contribution is -0.0451. The first kappa shape index (κ1) is 16.2. The summed E-state index contributed by atoms with van der Waals surface area (Å²) >= 11 is 0. The van der Waals surface area contributed by atoms with Gasteiger partial charge in [0.1, 0.15) is 0 Å². The maximum absolute atomic E-state index is 5.92. The van der Waals surface area contributed by atoms with Crippen molar-refractivity contribution in [1.29, 1.82) is 0 Å². The van der Waals surface area contributed by atoms with Crippen molar-refractivity contribution in [3.8, 4) is 0 Å². The van der Waals surface area contributed by atoms with Gasteiger partial charge in [-0.3, -0.25) is 4.90 Å². The molecule has 0 saturated carbocycles. The van der Waals surface area contributed by atoms with Gasteiger partial charge in [-0.25, -0.2) is 0 Å². The van der Waals surface area contributed by atoms with Crippen LogP contribution in [-0.2, 0) is 9.47 Å². The van der Waals surface area contributed by atoms with Gasteiger partial charge in [0, 0.05) is 45.9 Å². The average Bonchev–Trinajstić information content (AvgIpc) is 2.45. The molecular formula is C15H31N3O2. The van der Waals surface area contributed by atoms with Crippen LogP contribution < -0.4 is 5.32 Å². The molecule has 118 valence electrons. The topological polar surface area (TPSA) is 37.0 Å². The third-order valence-corrected chi connectivity index (χ3v) is 4.39. The highest BCUT2D eigenvalue weighted by molar-refractivity contribution is 4.82. The van der Waals surface area contributed by atoms with E-state index in [9.17, 15) is 0 Å². The molecule has 2 rings (SSSR count). The molecular weight excluding hydrogens is 254 g/mol. The van der Waals surface area contributed by atoms with E-state index in [1.165, 1.54) is 25.8 Å². The largest absolute Gasteiger partial charge is 0.383 e. The molecule has 1 N–H and O–H groups in total. The number of likely N-dealkylation sites (N-methyl/N-ethyl adjacent to an activating group) is 1. The van der Waals surface area contributed by atoms with Crippen molar-refractivity contribution in [3.63, 3.8) is 0 Å². The van der Waals surface area contributed by atoms with Crippen LogP contribution in [-0.4, -0.2) is 88.6 Å². The van der Waals surface area contributed by atoms with Gasteiger partial charge in [0.2, 0.25) is 0 Å². The Morgan fingerprint density at radius 2 is 2.20 bits per heavy atom. The van der Waals surface area contributed by atoms with Gasteiger partial charge in [0.15, 0.2) is 0 Å². The smallest absolute Gasteiger partial charge is 0.0829 e. The number of hydrogen-bond donors (Lipinski definition) is 1. The number of rotatable bonds is 7. The number of likely N-dealkylation sites (tertiary alicyclic amines) is 1. The van der Waals surface area contributed by atoms with Gasteiger partial charge in [0.25, 0.3) is 0 Å². The third-order valence-electron chi connectivity index (χ3n) is 4.39. The summed E-state index contributed by atoms with van der Waals surface area (Å²) in [5.41, 5.74) is 0. The molecule has 0 bridgehead atoms. The molecule has 2 atom stereocenters. The molecule has 0 amide bonds. The van der Waals surface area contributed by atoms with Crippen molar-refractivity contribution in [2.24, 2.45) is 0 Å². The zero-order valence-electron chi connectivity index (χ0n) is 13.1. The minimum Gasteiger partial charge on any atom is -0.383 e. The van der Waals surface area contributed by atoms with Crippen LogP contribution in [0.4, 0.5) is 0 Å². The SMILES string of the molecule is COCCNCC1CCCCN1CC1CN(C)CCO1. The molecule has 2 aliphatic rings. The quantitative estimate of drug-likeness (QED) is 0.686. The summed E-state index contributed by atoms with van der Waals surface area (Å²) in [6.45, 7) is 8.14. The van der Waals surface area contributed by atoms with E-state index < -0.39 is 0 Å². The molecule has 5 heteroatoms. The molecule has 0 aliphatic carbocycles. The molecule has 2 heterocycles. The molecule has 2 saturated heterocycles. The summed E-state index contributed by atoms with van der Waals surface area (Å²) in [5.74, 6) is 0. The predicted molar refractivity (Wildman–Crippen MR) is 81.2 cm³/mol. The fourth-order valence-electron chi connectivity index (χ4n) is 3.21. The Labute approximate surface area is 123 Å². The average molecular weight is 285 g/mol. The lowest BCUT2D eigenvalue weighted by atomic mass is 10.0. The number of hydrogen-bond acceptors (Lipinski definition) is 5. The van der Waals surface area contributed by atoms with Crippen LogP contribution in [0.15, 0.2) is 0 Å². The molecule has 0 aromatic carbocycles. The van der Waals surface area contributed by atoms with E-state index in [-0.39, 0.29) is 0 Å². The van der Waals surface area contributed by atoms with Gasteiger partial charge in [-0.05, 0) is 26.4 Å². The molecule has 20 heavy (non-hydrogen) atoms. The summed E-state index contributed by atoms with van der Waals surface area (Å²) in [6, 6.07) is 0.663. The summed E-state index contributed by atoms with van der Waals surface area (Å²) in [7, 11) is 3.95. The number of ether oxygens (including phenoxy) is 2. The van der Waals surface area contributed by atoms with Crippen LogP contribution >= 0.6 is 0 Å². The zero-order chi connectivity index (χ0) is 14.2. The van der Waals surface area contributed by atoms with E-state index in [1.54, 1.807) is 7.11 Å². The fraction of sp³-hybridized carbons (Fsp3) is 1.00.